The second-order valence-electron chi connectivity index (χ2n) is 6.99. The van der Waals surface area contributed by atoms with Crippen molar-refractivity contribution in [1.82, 2.24) is 24.1 Å². The number of halogens is 1. The third-order valence-corrected chi connectivity index (χ3v) is 4.80. The van der Waals surface area contributed by atoms with E-state index < -0.39 is 6.17 Å². The fourth-order valence-corrected chi connectivity index (χ4v) is 3.40. The first-order valence-corrected chi connectivity index (χ1v) is 8.61. The highest BCUT2D eigenvalue weighted by Gasteiger charge is 2.33. The van der Waals surface area contributed by atoms with E-state index in [-0.39, 0.29) is 17.5 Å². The monoisotopic (exact) mass is 361 g/mol. The molecule has 1 amide bonds. The van der Waals surface area contributed by atoms with Gasteiger partial charge in [0.2, 0.25) is 0 Å². The molecule has 0 radical (unpaired) electrons. The standard InChI is InChI=1S/C18H24FN5O2/c1-21-5-4-14(6-17(21)25)18(26)22(2)12-16-7-15(19)11-24(16)10-13-8-20-23(3)9-13/h4-6,8-9,15-16H,7,10-12H2,1-3H3/t15-,16-/m0/s1. The van der Waals surface area contributed by atoms with Crippen LogP contribution in [-0.4, -0.2) is 62.4 Å². The summed E-state index contributed by atoms with van der Waals surface area (Å²) < 4.78 is 17.1. The Morgan fingerprint density at radius 2 is 2.19 bits per heavy atom. The number of amides is 1. The highest BCUT2D eigenvalue weighted by molar-refractivity contribution is 5.93. The highest BCUT2D eigenvalue weighted by Crippen LogP contribution is 2.23. The molecule has 8 heteroatoms. The van der Waals surface area contributed by atoms with Crippen LogP contribution < -0.4 is 5.56 Å². The van der Waals surface area contributed by atoms with Gasteiger partial charge in [-0.15, -0.1) is 0 Å². The molecule has 0 saturated carbocycles. The number of pyridine rings is 1. The van der Waals surface area contributed by atoms with Gasteiger partial charge in [-0.1, -0.05) is 0 Å². The molecule has 3 rings (SSSR count). The predicted molar refractivity (Wildman–Crippen MR) is 95.6 cm³/mol. The van der Waals surface area contributed by atoms with Crippen LogP contribution in [-0.2, 0) is 20.6 Å². The first-order valence-electron chi connectivity index (χ1n) is 8.61. The number of nitrogens with zero attached hydrogens (tertiary/aromatic N) is 5. The van der Waals surface area contributed by atoms with Gasteiger partial charge < -0.3 is 9.47 Å². The summed E-state index contributed by atoms with van der Waals surface area (Å²) in [5.41, 5.74) is 1.14. The Bertz CT molecular complexity index is 846. The van der Waals surface area contributed by atoms with Crippen molar-refractivity contribution >= 4 is 5.91 Å². The molecule has 0 N–H and O–H groups in total. The number of likely N-dealkylation sites (N-methyl/N-ethyl adjacent to an activating group) is 1. The van der Waals surface area contributed by atoms with E-state index in [1.165, 1.54) is 10.6 Å². The first-order chi connectivity index (χ1) is 12.3. The van der Waals surface area contributed by atoms with Crippen molar-refractivity contribution in [1.29, 1.82) is 0 Å². The number of likely N-dealkylation sites (tertiary alicyclic amines) is 1. The molecule has 0 unspecified atom stereocenters. The molecular weight excluding hydrogens is 337 g/mol. The third kappa shape index (κ3) is 4.01. The summed E-state index contributed by atoms with van der Waals surface area (Å²) in [6, 6.07) is 2.89. The van der Waals surface area contributed by atoms with Crippen LogP contribution in [0.5, 0.6) is 0 Å². The summed E-state index contributed by atoms with van der Waals surface area (Å²) >= 11 is 0. The summed E-state index contributed by atoms with van der Waals surface area (Å²) in [7, 11) is 5.17. The Kier molecular flexibility index (Phi) is 5.22. The van der Waals surface area contributed by atoms with E-state index in [4.69, 9.17) is 0 Å². The van der Waals surface area contributed by atoms with Crippen molar-refractivity contribution in [3.63, 3.8) is 0 Å². The number of carbonyl (C=O) groups excluding carboxylic acids is 1. The fourth-order valence-electron chi connectivity index (χ4n) is 3.40. The second-order valence-corrected chi connectivity index (χ2v) is 6.99. The summed E-state index contributed by atoms with van der Waals surface area (Å²) in [6.45, 7) is 1.37. The van der Waals surface area contributed by atoms with Crippen LogP contribution in [0.2, 0.25) is 0 Å². The molecule has 0 aromatic carbocycles. The lowest BCUT2D eigenvalue weighted by Crippen LogP contribution is -2.41. The van der Waals surface area contributed by atoms with Crippen LogP contribution in [0.3, 0.4) is 0 Å². The van der Waals surface area contributed by atoms with Gasteiger partial charge in [-0.05, 0) is 12.5 Å². The van der Waals surface area contributed by atoms with Gasteiger partial charge in [0.05, 0.1) is 6.20 Å². The van der Waals surface area contributed by atoms with Gasteiger partial charge in [0.1, 0.15) is 6.17 Å². The zero-order valence-electron chi connectivity index (χ0n) is 15.3. The molecule has 26 heavy (non-hydrogen) atoms. The molecule has 1 aliphatic rings. The van der Waals surface area contributed by atoms with Crippen LogP contribution in [0.25, 0.3) is 0 Å². The number of alkyl halides is 1. The van der Waals surface area contributed by atoms with Gasteiger partial charge >= 0.3 is 0 Å². The maximum Gasteiger partial charge on any atom is 0.253 e. The molecular formula is C18H24FN5O2. The number of aromatic nitrogens is 3. The van der Waals surface area contributed by atoms with E-state index in [0.29, 0.717) is 31.6 Å². The summed E-state index contributed by atoms with van der Waals surface area (Å²) in [4.78, 5) is 28.0. The highest BCUT2D eigenvalue weighted by atomic mass is 19.1. The van der Waals surface area contributed by atoms with Crippen LogP contribution in [0, 0.1) is 0 Å². The topological polar surface area (TPSA) is 63.4 Å². The molecule has 0 bridgehead atoms. The largest absolute Gasteiger partial charge is 0.340 e. The normalized spacial score (nSPS) is 20.5. The van der Waals surface area contributed by atoms with Gasteiger partial charge in [-0.3, -0.25) is 19.2 Å². The summed E-state index contributed by atoms with van der Waals surface area (Å²) in [5.74, 6) is -0.230. The van der Waals surface area contributed by atoms with E-state index in [1.807, 2.05) is 13.2 Å². The number of hydrogen-bond acceptors (Lipinski definition) is 4. The van der Waals surface area contributed by atoms with Crippen molar-refractivity contribution in [2.24, 2.45) is 14.1 Å². The average Bonchev–Trinajstić information content (AvgIpc) is 3.15. The van der Waals surface area contributed by atoms with E-state index in [1.54, 1.807) is 42.1 Å². The van der Waals surface area contributed by atoms with E-state index in [2.05, 4.69) is 10.00 Å². The zero-order valence-corrected chi connectivity index (χ0v) is 15.3. The first kappa shape index (κ1) is 18.3. The molecule has 1 saturated heterocycles. The Balaban J connectivity index is 1.67. The minimum Gasteiger partial charge on any atom is -0.340 e. The number of hydrogen-bond donors (Lipinski definition) is 0. The fraction of sp³-hybridized carbons (Fsp3) is 0.500. The Labute approximate surface area is 151 Å². The van der Waals surface area contributed by atoms with Crippen LogP contribution in [0.15, 0.2) is 35.5 Å². The van der Waals surface area contributed by atoms with Gasteiger partial charge in [-0.25, -0.2) is 4.39 Å². The molecule has 3 heterocycles. The Morgan fingerprint density at radius 1 is 1.42 bits per heavy atom. The van der Waals surface area contributed by atoms with Crippen molar-refractivity contribution in [3.05, 3.63) is 52.2 Å². The average molecular weight is 361 g/mol. The lowest BCUT2D eigenvalue weighted by atomic mass is 10.1. The minimum absolute atomic E-state index is 0.0642. The molecule has 1 aliphatic heterocycles. The second kappa shape index (κ2) is 7.41. The summed E-state index contributed by atoms with van der Waals surface area (Å²) in [6.07, 6.45) is 4.76. The van der Waals surface area contributed by atoms with Gasteiger partial charge in [0, 0.05) is 76.4 Å². The summed E-state index contributed by atoms with van der Waals surface area (Å²) in [5, 5.41) is 4.15. The van der Waals surface area contributed by atoms with Gasteiger partial charge in [0.15, 0.2) is 0 Å². The molecule has 0 spiro atoms. The Hall–Kier alpha value is -2.48. The maximum atomic E-state index is 14.0. The SMILES string of the molecule is CN(C[C@@H]1C[C@H](F)CN1Cc1cnn(C)c1)C(=O)c1ccn(C)c(=O)c1. The lowest BCUT2D eigenvalue weighted by Gasteiger charge is -2.28. The van der Waals surface area contributed by atoms with Crippen molar-refractivity contribution in [2.75, 3.05) is 20.1 Å². The maximum absolute atomic E-state index is 14.0. The predicted octanol–water partition coefficient (Wildman–Crippen LogP) is 0.803. The van der Waals surface area contributed by atoms with Crippen molar-refractivity contribution in [3.8, 4) is 0 Å². The van der Waals surface area contributed by atoms with Crippen LogP contribution >= 0.6 is 0 Å². The number of rotatable bonds is 5. The molecule has 1 fully saturated rings. The molecule has 7 nitrogen and oxygen atoms in total. The van der Waals surface area contributed by atoms with Crippen LogP contribution in [0.4, 0.5) is 4.39 Å². The number of aryl methyl sites for hydroxylation is 2. The van der Waals surface area contributed by atoms with Crippen molar-refractivity contribution in [2.45, 2.75) is 25.2 Å². The third-order valence-electron chi connectivity index (χ3n) is 4.80. The van der Waals surface area contributed by atoms with E-state index in [9.17, 15) is 14.0 Å². The molecule has 2 aromatic heterocycles. The zero-order chi connectivity index (χ0) is 18.8. The lowest BCUT2D eigenvalue weighted by molar-refractivity contribution is 0.0749. The molecule has 2 atom stereocenters. The minimum atomic E-state index is -0.899. The van der Waals surface area contributed by atoms with Crippen molar-refractivity contribution < 1.29 is 9.18 Å². The smallest absolute Gasteiger partial charge is 0.253 e. The quantitative estimate of drug-likeness (QED) is 0.790. The Morgan fingerprint density at radius 3 is 2.85 bits per heavy atom. The van der Waals surface area contributed by atoms with Gasteiger partial charge in [-0.2, -0.15) is 5.10 Å². The molecule has 2 aromatic rings. The van der Waals surface area contributed by atoms with Crippen LogP contribution in [0.1, 0.15) is 22.3 Å². The molecule has 140 valence electrons. The number of carbonyl (C=O) groups is 1. The molecule has 0 aliphatic carbocycles. The van der Waals surface area contributed by atoms with E-state index in [0.717, 1.165) is 5.56 Å². The van der Waals surface area contributed by atoms with E-state index >= 15 is 0 Å². The van der Waals surface area contributed by atoms with Gasteiger partial charge in [0.25, 0.3) is 11.5 Å².